The molecule has 3 nitrogen and oxygen atoms in total. The van der Waals surface area contributed by atoms with Crippen molar-refractivity contribution >= 4 is 16.8 Å². The molecule has 1 unspecified atom stereocenters. The largest absolute Gasteiger partial charge is 0.772 e. The molecule has 1 N–H and O–H groups in total. The van der Waals surface area contributed by atoms with E-state index in [4.69, 9.17) is 0 Å². The summed E-state index contributed by atoms with van der Waals surface area (Å²) in [6, 6.07) is 7.29. The van der Waals surface area contributed by atoms with Crippen LogP contribution in [-0.4, -0.2) is 15.8 Å². The molecule has 0 saturated carbocycles. The zero-order valence-electron chi connectivity index (χ0n) is 6.74. The van der Waals surface area contributed by atoms with Gasteiger partial charge in [-0.2, -0.15) is 0 Å². The second-order valence-electron chi connectivity index (χ2n) is 2.40. The summed E-state index contributed by atoms with van der Waals surface area (Å²) < 4.78 is 20.6. The summed E-state index contributed by atoms with van der Waals surface area (Å²) >= 11 is -2.00. The lowest BCUT2D eigenvalue weighted by atomic mass is 10.2. The molecular weight excluding hydrogens is 174 g/mol. The van der Waals surface area contributed by atoms with Crippen LogP contribution in [0.3, 0.4) is 0 Å². The van der Waals surface area contributed by atoms with Gasteiger partial charge in [-0.05, 0) is 17.7 Å². The molecule has 12 heavy (non-hydrogen) atoms. The van der Waals surface area contributed by atoms with Gasteiger partial charge in [0.15, 0.2) is 0 Å². The highest BCUT2D eigenvalue weighted by Gasteiger charge is 1.92. The molecule has 4 heteroatoms. The molecule has 0 heterocycles. The van der Waals surface area contributed by atoms with E-state index in [9.17, 15) is 8.76 Å². The molecule has 0 aromatic heterocycles. The van der Waals surface area contributed by atoms with E-state index in [-0.39, 0.29) is 5.75 Å². The number of benzene rings is 1. The zero-order chi connectivity index (χ0) is 8.97. The lowest BCUT2D eigenvalue weighted by Gasteiger charge is -2.05. The van der Waals surface area contributed by atoms with E-state index >= 15 is 0 Å². The fourth-order valence-electron chi connectivity index (χ4n) is 0.904. The van der Waals surface area contributed by atoms with Gasteiger partial charge >= 0.3 is 0 Å². The molecule has 1 aromatic carbocycles. The van der Waals surface area contributed by atoms with Crippen molar-refractivity contribution in [3.63, 3.8) is 0 Å². The van der Waals surface area contributed by atoms with Gasteiger partial charge in [-0.25, -0.2) is 0 Å². The first-order valence-electron chi connectivity index (χ1n) is 3.55. The summed E-state index contributed by atoms with van der Waals surface area (Å²) in [6.07, 6.45) is 0. The van der Waals surface area contributed by atoms with Crippen LogP contribution in [0.2, 0.25) is 0 Å². The van der Waals surface area contributed by atoms with Crippen molar-refractivity contribution in [2.24, 2.45) is 0 Å². The highest BCUT2D eigenvalue weighted by Crippen LogP contribution is 2.09. The molecule has 0 bridgehead atoms. The second kappa shape index (κ2) is 4.23. The quantitative estimate of drug-likeness (QED) is 0.716. The Morgan fingerprint density at radius 2 is 2.00 bits per heavy atom. The van der Waals surface area contributed by atoms with Crippen LogP contribution in [0.4, 0.5) is 5.69 Å². The molecule has 0 aliphatic heterocycles. The summed E-state index contributed by atoms with van der Waals surface area (Å²) in [4.78, 5) is 0. The SMILES string of the molecule is CNc1ccc(CS(=O)[O-])cc1. The minimum absolute atomic E-state index is 0.0873. The van der Waals surface area contributed by atoms with Gasteiger partial charge < -0.3 is 9.87 Å². The van der Waals surface area contributed by atoms with E-state index in [1.54, 1.807) is 12.1 Å². The second-order valence-corrected chi connectivity index (χ2v) is 3.29. The predicted molar refractivity (Wildman–Crippen MR) is 48.6 cm³/mol. The maximum atomic E-state index is 10.3. The van der Waals surface area contributed by atoms with Gasteiger partial charge in [0.05, 0.1) is 0 Å². The van der Waals surface area contributed by atoms with Crippen molar-refractivity contribution in [3.8, 4) is 0 Å². The Labute approximate surface area is 74.1 Å². The van der Waals surface area contributed by atoms with Crippen molar-refractivity contribution in [1.82, 2.24) is 0 Å². The lowest BCUT2D eigenvalue weighted by Crippen LogP contribution is -1.93. The van der Waals surface area contributed by atoms with Gasteiger partial charge in [0.25, 0.3) is 0 Å². The average molecular weight is 184 g/mol. The Hall–Kier alpha value is -0.870. The number of nitrogens with one attached hydrogen (secondary N) is 1. The normalized spacial score (nSPS) is 12.5. The van der Waals surface area contributed by atoms with Gasteiger partial charge in [-0.15, -0.1) is 0 Å². The van der Waals surface area contributed by atoms with Gasteiger partial charge in [-0.1, -0.05) is 23.2 Å². The van der Waals surface area contributed by atoms with Crippen LogP contribution in [0.15, 0.2) is 24.3 Å². The fraction of sp³-hybridized carbons (Fsp3) is 0.250. The predicted octanol–water partition coefficient (Wildman–Crippen LogP) is 1.11. The van der Waals surface area contributed by atoms with E-state index in [0.717, 1.165) is 11.3 Å². The van der Waals surface area contributed by atoms with Crippen LogP contribution in [0, 0.1) is 0 Å². The Morgan fingerprint density at radius 1 is 1.42 bits per heavy atom. The first kappa shape index (κ1) is 9.22. The maximum absolute atomic E-state index is 10.3. The molecule has 0 radical (unpaired) electrons. The standard InChI is InChI=1S/C8H11NO2S/c1-9-8-4-2-7(3-5-8)6-12(10)11/h2-5,9H,6H2,1H3,(H,10,11)/p-1. The summed E-state index contributed by atoms with van der Waals surface area (Å²) in [7, 11) is 1.82. The van der Waals surface area contributed by atoms with Crippen LogP contribution in [0.25, 0.3) is 0 Å². The van der Waals surface area contributed by atoms with Crippen molar-refractivity contribution in [2.75, 3.05) is 12.4 Å². The van der Waals surface area contributed by atoms with Crippen molar-refractivity contribution in [2.45, 2.75) is 5.75 Å². The first-order chi connectivity index (χ1) is 5.72. The minimum Gasteiger partial charge on any atom is -0.772 e. The average Bonchev–Trinajstić information content (AvgIpc) is 2.05. The van der Waals surface area contributed by atoms with E-state index in [0.29, 0.717) is 0 Å². The van der Waals surface area contributed by atoms with E-state index < -0.39 is 11.1 Å². The molecule has 1 rings (SSSR count). The Kier molecular flexibility index (Phi) is 3.25. The molecule has 1 atom stereocenters. The Morgan fingerprint density at radius 3 is 2.42 bits per heavy atom. The monoisotopic (exact) mass is 184 g/mol. The molecule has 1 aromatic rings. The molecule has 0 saturated heterocycles. The van der Waals surface area contributed by atoms with Crippen LogP contribution in [0.1, 0.15) is 5.56 Å². The molecule has 0 aliphatic rings. The van der Waals surface area contributed by atoms with Gasteiger partial charge in [-0.3, -0.25) is 4.21 Å². The highest BCUT2D eigenvalue weighted by atomic mass is 32.2. The summed E-state index contributed by atoms with van der Waals surface area (Å²) in [5.74, 6) is 0.0873. The molecule has 0 spiro atoms. The van der Waals surface area contributed by atoms with Crippen LogP contribution >= 0.6 is 0 Å². The van der Waals surface area contributed by atoms with E-state index in [1.807, 2.05) is 19.2 Å². The summed E-state index contributed by atoms with van der Waals surface area (Å²) in [6.45, 7) is 0. The maximum Gasteiger partial charge on any atom is 0.0353 e. The number of hydrogen-bond acceptors (Lipinski definition) is 3. The van der Waals surface area contributed by atoms with Crippen LogP contribution in [-0.2, 0) is 16.8 Å². The Balaban J connectivity index is 2.71. The van der Waals surface area contributed by atoms with Crippen molar-refractivity contribution < 1.29 is 8.76 Å². The zero-order valence-corrected chi connectivity index (χ0v) is 7.56. The first-order valence-corrected chi connectivity index (χ1v) is 4.79. The van der Waals surface area contributed by atoms with E-state index in [1.165, 1.54) is 0 Å². The highest BCUT2D eigenvalue weighted by molar-refractivity contribution is 7.78. The smallest absolute Gasteiger partial charge is 0.0353 e. The third-order valence-corrected chi connectivity index (χ3v) is 2.10. The van der Waals surface area contributed by atoms with E-state index in [2.05, 4.69) is 5.32 Å². The molecular formula is C8H10NO2S-. The number of anilines is 1. The molecule has 0 amide bonds. The molecule has 0 fully saturated rings. The molecule has 0 aliphatic carbocycles. The van der Waals surface area contributed by atoms with Crippen LogP contribution in [0.5, 0.6) is 0 Å². The van der Waals surface area contributed by atoms with Gasteiger partial charge in [0.2, 0.25) is 0 Å². The fourth-order valence-corrected chi connectivity index (χ4v) is 1.37. The molecule has 66 valence electrons. The number of rotatable bonds is 3. The topological polar surface area (TPSA) is 52.2 Å². The van der Waals surface area contributed by atoms with Gasteiger partial charge in [0.1, 0.15) is 0 Å². The Bertz CT molecular complexity index is 271. The van der Waals surface area contributed by atoms with Gasteiger partial charge in [0, 0.05) is 18.5 Å². The minimum atomic E-state index is -2.00. The third kappa shape index (κ3) is 2.64. The van der Waals surface area contributed by atoms with Crippen molar-refractivity contribution in [1.29, 1.82) is 0 Å². The van der Waals surface area contributed by atoms with Crippen molar-refractivity contribution in [3.05, 3.63) is 29.8 Å². The summed E-state index contributed by atoms with van der Waals surface area (Å²) in [5, 5.41) is 2.95. The number of hydrogen-bond donors (Lipinski definition) is 1. The lowest BCUT2D eigenvalue weighted by molar-refractivity contribution is 0.536. The summed E-state index contributed by atoms with van der Waals surface area (Å²) in [5.41, 5.74) is 1.79. The third-order valence-electron chi connectivity index (χ3n) is 1.53. The van der Waals surface area contributed by atoms with Crippen LogP contribution < -0.4 is 5.32 Å².